The highest BCUT2D eigenvalue weighted by Crippen LogP contribution is 2.22. The molecule has 0 bridgehead atoms. The molecule has 1 N–H and O–H groups in total. The predicted molar refractivity (Wildman–Crippen MR) is 68.1 cm³/mol. The standard InChI is InChI=1S/C13H7N3OS/c14-7-9-1-3-10(4-2-9)12(17)16-13-11(8-15)5-6-18-13/h1-6H,(H,16,17). The molecule has 4 nitrogen and oxygen atoms in total. The Morgan fingerprint density at radius 2 is 1.83 bits per heavy atom. The van der Waals surface area contributed by atoms with Crippen LogP contribution in [0.25, 0.3) is 0 Å². The lowest BCUT2D eigenvalue weighted by Crippen LogP contribution is -2.11. The number of benzene rings is 1. The van der Waals surface area contributed by atoms with Crippen LogP contribution in [0.5, 0.6) is 0 Å². The van der Waals surface area contributed by atoms with Crippen LogP contribution in [-0.2, 0) is 0 Å². The van der Waals surface area contributed by atoms with Crippen LogP contribution in [0, 0.1) is 22.7 Å². The molecular weight excluding hydrogens is 246 g/mol. The molecular formula is C13H7N3OS. The van der Waals surface area contributed by atoms with Gasteiger partial charge in [-0.1, -0.05) is 0 Å². The molecule has 0 aliphatic carbocycles. The number of carbonyl (C=O) groups is 1. The van der Waals surface area contributed by atoms with E-state index < -0.39 is 0 Å². The first-order chi connectivity index (χ1) is 8.74. The zero-order valence-electron chi connectivity index (χ0n) is 9.18. The maximum Gasteiger partial charge on any atom is 0.256 e. The predicted octanol–water partition coefficient (Wildman–Crippen LogP) is 2.74. The number of nitrogens with zero attached hydrogens (tertiary/aromatic N) is 2. The number of carbonyl (C=O) groups excluding carboxylic acids is 1. The maximum atomic E-state index is 11.9. The molecule has 0 spiro atoms. The van der Waals surface area contributed by atoms with Crippen molar-refractivity contribution in [2.45, 2.75) is 0 Å². The number of anilines is 1. The lowest BCUT2D eigenvalue weighted by molar-refractivity contribution is 0.102. The van der Waals surface area contributed by atoms with Crippen LogP contribution in [0.15, 0.2) is 35.7 Å². The second kappa shape index (κ2) is 5.13. The van der Waals surface area contributed by atoms with E-state index in [0.29, 0.717) is 21.7 Å². The largest absolute Gasteiger partial charge is 0.312 e. The fraction of sp³-hybridized carbons (Fsp3) is 0. The molecule has 0 aliphatic heterocycles. The highest BCUT2D eigenvalue weighted by molar-refractivity contribution is 7.14. The molecule has 18 heavy (non-hydrogen) atoms. The average Bonchev–Trinajstić information content (AvgIpc) is 2.86. The summed E-state index contributed by atoms with van der Waals surface area (Å²) < 4.78 is 0. The van der Waals surface area contributed by atoms with Gasteiger partial charge in [-0.25, -0.2) is 0 Å². The summed E-state index contributed by atoms with van der Waals surface area (Å²) in [5.41, 5.74) is 1.40. The molecule has 0 saturated heterocycles. The molecule has 1 aromatic heterocycles. The molecule has 0 unspecified atom stereocenters. The van der Waals surface area contributed by atoms with Gasteiger partial charge in [0.1, 0.15) is 11.1 Å². The van der Waals surface area contributed by atoms with Crippen LogP contribution >= 0.6 is 11.3 Å². The van der Waals surface area contributed by atoms with Gasteiger partial charge in [0.15, 0.2) is 0 Å². The van der Waals surface area contributed by atoms with Gasteiger partial charge in [-0.05, 0) is 35.7 Å². The minimum atomic E-state index is -0.293. The Hall–Kier alpha value is -2.63. The van der Waals surface area contributed by atoms with Crippen molar-refractivity contribution in [3.05, 3.63) is 52.4 Å². The smallest absolute Gasteiger partial charge is 0.256 e. The molecule has 0 fully saturated rings. The monoisotopic (exact) mass is 253 g/mol. The van der Waals surface area contributed by atoms with Crippen molar-refractivity contribution in [3.63, 3.8) is 0 Å². The summed E-state index contributed by atoms with van der Waals surface area (Å²) >= 11 is 1.30. The van der Waals surface area contributed by atoms with E-state index in [1.54, 1.807) is 35.7 Å². The number of thiophene rings is 1. The van der Waals surface area contributed by atoms with Crippen LogP contribution in [0.4, 0.5) is 5.00 Å². The molecule has 1 heterocycles. The third-order valence-electron chi connectivity index (χ3n) is 2.29. The van der Waals surface area contributed by atoms with E-state index in [-0.39, 0.29) is 5.91 Å². The summed E-state index contributed by atoms with van der Waals surface area (Å²) in [5.74, 6) is -0.293. The molecule has 5 heteroatoms. The third-order valence-corrected chi connectivity index (χ3v) is 3.12. The van der Waals surface area contributed by atoms with Gasteiger partial charge in [-0.3, -0.25) is 4.79 Å². The number of rotatable bonds is 2. The molecule has 0 radical (unpaired) electrons. The van der Waals surface area contributed by atoms with Gasteiger partial charge in [-0.2, -0.15) is 10.5 Å². The van der Waals surface area contributed by atoms with E-state index >= 15 is 0 Å². The van der Waals surface area contributed by atoms with Crippen molar-refractivity contribution in [1.29, 1.82) is 10.5 Å². The number of nitrogens with one attached hydrogen (secondary N) is 1. The summed E-state index contributed by atoms with van der Waals surface area (Å²) in [5, 5.41) is 22.4. The van der Waals surface area contributed by atoms with Gasteiger partial charge in [0.2, 0.25) is 0 Å². The topological polar surface area (TPSA) is 76.7 Å². The van der Waals surface area contributed by atoms with Crippen molar-refractivity contribution < 1.29 is 4.79 Å². The Kier molecular flexibility index (Phi) is 3.38. The molecule has 0 atom stereocenters. The van der Waals surface area contributed by atoms with E-state index in [1.807, 2.05) is 12.1 Å². The van der Waals surface area contributed by atoms with Crippen molar-refractivity contribution in [3.8, 4) is 12.1 Å². The van der Waals surface area contributed by atoms with Crippen molar-refractivity contribution in [2.75, 3.05) is 5.32 Å². The van der Waals surface area contributed by atoms with Gasteiger partial charge >= 0.3 is 0 Å². The van der Waals surface area contributed by atoms with E-state index in [1.165, 1.54) is 11.3 Å². The van der Waals surface area contributed by atoms with E-state index in [4.69, 9.17) is 10.5 Å². The minimum Gasteiger partial charge on any atom is -0.312 e. The van der Waals surface area contributed by atoms with Crippen LogP contribution in [0.3, 0.4) is 0 Å². The van der Waals surface area contributed by atoms with Gasteiger partial charge in [0.05, 0.1) is 17.2 Å². The zero-order chi connectivity index (χ0) is 13.0. The third kappa shape index (κ3) is 2.37. The summed E-state index contributed by atoms with van der Waals surface area (Å²) in [6.45, 7) is 0. The second-order valence-electron chi connectivity index (χ2n) is 3.42. The molecule has 1 amide bonds. The summed E-state index contributed by atoms with van der Waals surface area (Å²) in [4.78, 5) is 11.9. The number of nitriles is 2. The fourth-order valence-electron chi connectivity index (χ4n) is 1.37. The van der Waals surface area contributed by atoms with Gasteiger partial charge in [0.25, 0.3) is 5.91 Å². The van der Waals surface area contributed by atoms with Gasteiger partial charge < -0.3 is 5.32 Å². The van der Waals surface area contributed by atoms with Crippen molar-refractivity contribution in [1.82, 2.24) is 0 Å². The van der Waals surface area contributed by atoms with Crippen LogP contribution in [0.2, 0.25) is 0 Å². The zero-order valence-corrected chi connectivity index (χ0v) is 9.99. The molecule has 1 aromatic carbocycles. The van der Waals surface area contributed by atoms with E-state index in [2.05, 4.69) is 5.32 Å². The van der Waals surface area contributed by atoms with E-state index in [0.717, 1.165) is 0 Å². The Labute approximate surface area is 108 Å². The first-order valence-corrected chi connectivity index (χ1v) is 5.91. The van der Waals surface area contributed by atoms with Crippen molar-refractivity contribution in [2.24, 2.45) is 0 Å². The summed E-state index contributed by atoms with van der Waals surface area (Å²) in [6.07, 6.45) is 0. The molecule has 2 aromatic rings. The molecule has 2 rings (SSSR count). The Morgan fingerprint density at radius 3 is 2.44 bits per heavy atom. The summed E-state index contributed by atoms with van der Waals surface area (Å²) in [7, 11) is 0. The lowest BCUT2D eigenvalue weighted by Gasteiger charge is -2.03. The van der Waals surface area contributed by atoms with Gasteiger partial charge in [-0.15, -0.1) is 11.3 Å². The average molecular weight is 253 g/mol. The van der Waals surface area contributed by atoms with Crippen LogP contribution in [-0.4, -0.2) is 5.91 Å². The van der Waals surface area contributed by atoms with Crippen LogP contribution in [0.1, 0.15) is 21.5 Å². The SMILES string of the molecule is N#Cc1ccc(C(=O)Nc2sccc2C#N)cc1. The Morgan fingerprint density at radius 1 is 1.11 bits per heavy atom. The highest BCUT2D eigenvalue weighted by atomic mass is 32.1. The first kappa shape index (κ1) is 11.8. The Balaban J connectivity index is 2.18. The lowest BCUT2D eigenvalue weighted by atomic mass is 10.1. The quantitative estimate of drug-likeness (QED) is 0.893. The fourth-order valence-corrected chi connectivity index (χ4v) is 2.10. The minimum absolute atomic E-state index is 0.293. The maximum absolute atomic E-state index is 11.9. The number of hydrogen-bond donors (Lipinski definition) is 1. The molecule has 0 aliphatic rings. The van der Waals surface area contributed by atoms with Crippen molar-refractivity contribution >= 4 is 22.2 Å². The second-order valence-corrected chi connectivity index (χ2v) is 4.33. The highest BCUT2D eigenvalue weighted by Gasteiger charge is 2.10. The van der Waals surface area contributed by atoms with Gasteiger partial charge in [0, 0.05) is 5.56 Å². The van der Waals surface area contributed by atoms with E-state index in [9.17, 15) is 4.79 Å². The normalized spacial score (nSPS) is 9.22. The number of hydrogen-bond acceptors (Lipinski definition) is 4. The summed E-state index contributed by atoms with van der Waals surface area (Å²) in [6, 6.07) is 11.9. The Bertz CT molecular complexity index is 659. The number of amides is 1. The van der Waals surface area contributed by atoms with Crippen LogP contribution < -0.4 is 5.32 Å². The molecule has 86 valence electrons. The first-order valence-electron chi connectivity index (χ1n) is 5.03. The molecule has 0 saturated carbocycles.